The molecule has 1 aliphatic heterocycles. The van der Waals surface area contributed by atoms with E-state index >= 15 is 0 Å². The minimum Gasteiger partial charge on any atom is -0.497 e. The Balaban J connectivity index is 1.24. The maximum Gasteiger partial charge on any atom is 0.156 e. The van der Waals surface area contributed by atoms with Gasteiger partial charge in [0.25, 0.3) is 0 Å². The molecule has 0 aliphatic carbocycles. The molecule has 1 aliphatic rings. The molecule has 0 radical (unpaired) electrons. The van der Waals surface area contributed by atoms with E-state index in [2.05, 4.69) is 23.1 Å². The molecule has 2 aromatic heterocycles. The second-order valence-electron chi connectivity index (χ2n) is 8.06. The van der Waals surface area contributed by atoms with Crippen LogP contribution in [-0.2, 0) is 11.2 Å². The zero-order valence-electron chi connectivity index (χ0n) is 18.8. The van der Waals surface area contributed by atoms with Crippen LogP contribution >= 0.6 is 0 Å². The summed E-state index contributed by atoms with van der Waals surface area (Å²) in [6.07, 6.45) is 0.664. The van der Waals surface area contributed by atoms with E-state index in [9.17, 15) is 0 Å². The molecular formula is C26H28N4O3. The van der Waals surface area contributed by atoms with Crippen molar-refractivity contribution in [2.45, 2.75) is 6.42 Å². The van der Waals surface area contributed by atoms with Gasteiger partial charge in [-0.25, -0.2) is 9.50 Å². The van der Waals surface area contributed by atoms with Crippen molar-refractivity contribution in [1.82, 2.24) is 19.5 Å². The third kappa shape index (κ3) is 5.16. The van der Waals surface area contributed by atoms with Gasteiger partial charge in [-0.2, -0.15) is 5.10 Å². The Labute approximate surface area is 193 Å². The van der Waals surface area contributed by atoms with Crippen LogP contribution in [0.5, 0.6) is 11.5 Å². The largest absolute Gasteiger partial charge is 0.497 e. The Kier molecular flexibility index (Phi) is 6.51. The minimum absolute atomic E-state index is 0.664. The predicted octanol–water partition coefficient (Wildman–Crippen LogP) is 3.71. The van der Waals surface area contributed by atoms with Crippen molar-refractivity contribution < 1.29 is 14.2 Å². The normalized spacial score (nSPS) is 14.5. The highest BCUT2D eigenvalue weighted by atomic mass is 16.5. The summed E-state index contributed by atoms with van der Waals surface area (Å²) in [5, 5.41) is 4.78. The highest BCUT2D eigenvalue weighted by Gasteiger charge is 2.11. The third-order valence-corrected chi connectivity index (χ3v) is 5.85. The average Bonchev–Trinajstić information content (AvgIpc) is 3.28. The van der Waals surface area contributed by atoms with E-state index in [0.29, 0.717) is 13.0 Å². The third-order valence-electron chi connectivity index (χ3n) is 5.85. The molecule has 33 heavy (non-hydrogen) atoms. The molecule has 0 spiro atoms. The first-order valence-corrected chi connectivity index (χ1v) is 11.3. The summed E-state index contributed by atoms with van der Waals surface area (Å²) < 4.78 is 18.5. The number of fused-ring (bicyclic) bond motifs is 1. The lowest BCUT2D eigenvalue weighted by atomic mass is 10.1. The Morgan fingerprint density at radius 1 is 0.909 bits per heavy atom. The fourth-order valence-corrected chi connectivity index (χ4v) is 4.01. The summed E-state index contributed by atoms with van der Waals surface area (Å²) in [4.78, 5) is 7.10. The number of ether oxygens (including phenoxy) is 3. The van der Waals surface area contributed by atoms with Gasteiger partial charge >= 0.3 is 0 Å². The van der Waals surface area contributed by atoms with Gasteiger partial charge in [-0.15, -0.1) is 0 Å². The number of rotatable bonds is 8. The average molecular weight is 445 g/mol. The fourth-order valence-electron chi connectivity index (χ4n) is 4.01. The molecule has 0 N–H and O–H groups in total. The lowest BCUT2D eigenvalue weighted by Crippen LogP contribution is -2.38. The summed E-state index contributed by atoms with van der Waals surface area (Å²) in [7, 11) is 1.67. The number of methoxy groups -OCH3 is 1. The summed E-state index contributed by atoms with van der Waals surface area (Å²) in [6, 6.07) is 22.2. The van der Waals surface area contributed by atoms with Crippen molar-refractivity contribution in [3.05, 3.63) is 78.1 Å². The van der Waals surface area contributed by atoms with Crippen LogP contribution in [0, 0.1) is 0 Å². The van der Waals surface area contributed by atoms with Gasteiger partial charge in [0.05, 0.1) is 26.0 Å². The summed E-state index contributed by atoms with van der Waals surface area (Å²) in [6.45, 7) is 5.19. The SMILES string of the molecule is COc1ccc(-c2cccc3nc(Cc4ccc(OCCN5CCOCC5)cc4)nn23)cc1. The Morgan fingerprint density at radius 2 is 1.67 bits per heavy atom. The Bertz CT molecular complexity index is 1180. The van der Waals surface area contributed by atoms with Gasteiger partial charge in [0, 0.05) is 31.6 Å². The molecule has 1 saturated heterocycles. The molecule has 0 atom stereocenters. The van der Waals surface area contributed by atoms with E-state index in [1.807, 2.05) is 53.0 Å². The highest BCUT2D eigenvalue weighted by molar-refractivity contribution is 5.63. The first kappa shape index (κ1) is 21.4. The van der Waals surface area contributed by atoms with Crippen molar-refractivity contribution in [1.29, 1.82) is 0 Å². The Morgan fingerprint density at radius 3 is 2.42 bits per heavy atom. The van der Waals surface area contributed by atoms with E-state index in [1.54, 1.807) is 7.11 Å². The Hall–Kier alpha value is -3.42. The van der Waals surface area contributed by atoms with Crippen LogP contribution in [0.3, 0.4) is 0 Å². The molecule has 0 amide bonds. The molecule has 4 aromatic rings. The number of pyridine rings is 1. The van der Waals surface area contributed by atoms with E-state index in [4.69, 9.17) is 24.3 Å². The van der Waals surface area contributed by atoms with E-state index in [1.165, 1.54) is 0 Å². The van der Waals surface area contributed by atoms with Gasteiger partial charge in [-0.1, -0.05) is 18.2 Å². The molecule has 0 unspecified atom stereocenters. The molecule has 0 saturated carbocycles. The summed E-state index contributed by atoms with van der Waals surface area (Å²) in [5.41, 5.74) is 4.05. The molecule has 5 rings (SSSR count). The zero-order chi connectivity index (χ0) is 22.5. The fraction of sp³-hybridized carbons (Fsp3) is 0.308. The van der Waals surface area contributed by atoms with Gasteiger partial charge in [0.2, 0.25) is 0 Å². The first-order chi connectivity index (χ1) is 16.3. The van der Waals surface area contributed by atoms with Crippen LogP contribution in [0.2, 0.25) is 0 Å². The van der Waals surface area contributed by atoms with Gasteiger partial charge in [-0.05, 0) is 54.1 Å². The number of aromatic nitrogens is 3. The van der Waals surface area contributed by atoms with Crippen LogP contribution in [0.25, 0.3) is 16.9 Å². The van der Waals surface area contributed by atoms with E-state index < -0.39 is 0 Å². The van der Waals surface area contributed by atoms with Crippen molar-refractivity contribution in [3.63, 3.8) is 0 Å². The first-order valence-electron chi connectivity index (χ1n) is 11.3. The lowest BCUT2D eigenvalue weighted by molar-refractivity contribution is 0.0322. The van der Waals surface area contributed by atoms with Gasteiger partial charge < -0.3 is 14.2 Å². The quantitative estimate of drug-likeness (QED) is 0.413. The van der Waals surface area contributed by atoms with Crippen LogP contribution in [0.15, 0.2) is 66.7 Å². The highest BCUT2D eigenvalue weighted by Crippen LogP contribution is 2.23. The molecule has 7 nitrogen and oxygen atoms in total. The number of benzene rings is 2. The standard InChI is InChI=1S/C26H28N4O3/c1-31-22-11-7-21(8-12-22)24-3-2-4-26-27-25(28-30(24)26)19-20-5-9-23(10-6-20)33-18-15-29-13-16-32-17-14-29/h2-12H,13-19H2,1H3. The van der Waals surface area contributed by atoms with Crippen molar-refractivity contribution >= 4 is 5.65 Å². The molecular weight excluding hydrogens is 416 g/mol. The topological polar surface area (TPSA) is 61.1 Å². The van der Waals surface area contributed by atoms with E-state index in [0.717, 1.165) is 72.6 Å². The molecule has 7 heteroatoms. The zero-order valence-corrected chi connectivity index (χ0v) is 18.8. The van der Waals surface area contributed by atoms with Crippen molar-refractivity contribution in [2.24, 2.45) is 0 Å². The molecule has 1 fully saturated rings. The molecule has 2 aromatic carbocycles. The van der Waals surface area contributed by atoms with Crippen LogP contribution in [-0.4, -0.2) is 66.1 Å². The van der Waals surface area contributed by atoms with Gasteiger partial charge in [0.1, 0.15) is 18.1 Å². The summed E-state index contributed by atoms with van der Waals surface area (Å²) >= 11 is 0. The maximum absolute atomic E-state index is 5.92. The van der Waals surface area contributed by atoms with E-state index in [-0.39, 0.29) is 0 Å². The predicted molar refractivity (Wildman–Crippen MR) is 127 cm³/mol. The summed E-state index contributed by atoms with van der Waals surface area (Å²) in [5.74, 6) is 2.51. The van der Waals surface area contributed by atoms with Crippen molar-refractivity contribution in [3.8, 4) is 22.8 Å². The second kappa shape index (κ2) is 10.0. The lowest BCUT2D eigenvalue weighted by Gasteiger charge is -2.26. The van der Waals surface area contributed by atoms with Crippen molar-refractivity contribution in [2.75, 3.05) is 46.6 Å². The number of hydrogen-bond donors (Lipinski definition) is 0. The van der Waals surface area contributed by atoms with Gasteiger partial charge in [0.15, 0.2) is 11.5 Å². The molecule has 170 valence electrons. The van der Waals surface area contributed by atoms with Crippen LogP contribution in [0.4, 0.5) is 0 Å². The maximum atomic E-state index is 5.92. The van der Waals surface area contributed by atoms with Crippen LogP contribution in [0.1, 0.15) is 11.4 Å². The molecule has 3 heterocycles. The van der Waals surface area contributed by atoms with Gasteiger partial charge in [-0.3, -0.25) is 4.90 Å². The smallest absolute Gasteiger partial charge is 0.156 e. The number of hydrogen-bond acceptors (Lipinski definition) is 6. The minimum atomic E-state index is 0.664. The second-order valence-corrected chi connectivity index (χ2v) is 8.06. The number of morpholine rings is 1. The number of nitrogens with zero attached hydrogens (tertiary/aromatic N) is 4. The van der Waals surface area contributed by atoms with Crippen LogP contribution < -0.4 is 9.47 Å². The monoisotopic (exact) mass is 444 g/mol. The molecule has 0 bridgehead atoms.